The number of benzene rings is 1. The van der Waals surface area contributed by atoms with E-state index >= 15 is 0 Å². The number of allylic oxidation sites excluding steroid dienone is 1. The molecule has 0 fully saturated rings. The Morgan fingerprint density at radius 2 is 2.00 bits per heavy atom. The van der Waals surface area contributed by atoms with E-state index in [4.69, 9.17) is 12.2 Å². The maximum Gasteiger partial charge on any atom is 0.253 e. The quantitative estimate of drug-likeness (QED) is 0.728. The van der Waals surface area contributed by atoms with Crippen molar-refractivity contribution < 1.29 is 4.79 Å². The van der Waals surface area contributed by atoms with Crippen LogP contribution in [0.1, 0.15) is 17.8 Å². The third-order valence-corrected chi connectivity index (χ3v) is 6.07. The molecule has 1 aliphatic heterocycles. The molecule has 1 N–H and O–H groups in total. The zero-order valence-electron chi connectivity index (χ0n) is 14.1. The summed E-state index contributed by atoms with van der Waals surface area (Å²) in [7, 11) is 3.54. The van der Waals surface area contributed by atoms with Crippen molar-refractivity contribution in [2.45, 2.75) is 13.0 Å². The third kappa shape index (κ3) is 3.49. The molecule has 25 heavy (non-hydrogen) atoms. The van der Waals surface area contributed by atoms with Gasteiger partial charge in [0.2, 0.25) is 0 Å². The number of hydrogen-bond donors (Lipinski definition) is 1. The Morgan fingerprint density at radius 1 is 1.32 bits per heavy atom. The van der Waals surface area contributed by atoms with Crippen molar-refractivity contribution in [1.29, 1.82) is 0 Å². The van der Waals surface area contributed by atoms with Gasteiger partial charge in [-0.3, -0.25) is 9.69 Å². The molecule has 0 aliphatic carbocycles. The highest BCUT2D eigenvalue weighted by Gasteiger charge is 2.35. The van der Waals surface area contributed by atoms with Crippen LogP contribution in [0, 0.1) is 0 Å². The van der Waals surface area contributed by atoms with Gasteiger partial charge in [-0.2, -0.15) is 0 Å². The minimum Gasteiger partial charge on any atom is -0.350 e. The number of anilines is 1. The van der Waals surface area contributed by atoms with Gasteiger partial charge in [0, 0.05) is 40.2 Å². The fourth-order valence-electron chi connectivity index (χ4n) is 2.84. The molecule has 1 atom stereocenters. The van der Waals surface area contributed by atoms with E-state index in [9.17, 15) is 4.79 Å². The first-order valence-electron chi connectivity index (χ1n) is 7.72. The lowest BCUT2D eigenvalue weighted by Gasteiger charge is -2.38. The number of nitrogens with one attached hydrogen (secondary N) is 1. The predicted octanol–water partition coefficient (Wildman–Crippen LogP) is 4.31. The minimum atomic E-state index is -0.251. The van der Waals surface area contributed by atoms with Gasteiger partial charge >= 0.3 is 0 Å². The van der Waals surface area contributed by atoms with Crippen molar-refractivity contribution in [3.63, 3.8) is 0 Å². The number of hydrogen-bond acceptors (Lipinski definition) is 3. The summed E-state index contributed by atoms with van der Waals surface area (Å²) >= 11 is 10.7. The molecule has 0 spiro atoms. The lowest BCUT2D eigenvalue weighted by atomic mass is 9.99. The molecule has 0 saturated carbocycles. The molecule has 130 valence electrons. The van der Waals surface area contributed by atoms with Crippen LogP contribution in [0.3, 0.4) is 0 Å². The summed E-state index contributed by atoms with van der Waals surface area (Å²) in [5, 5.41) is 5.95. The SMILES string of the molecule is CC1=C(C(=O)N(C)C)C(c2cc(Br)cs2)NC(=S)N1c1ccccc1. The van der Waals surface area contributed by atoms with Crippen LogP contribution in [-0.2, 0) is 4.79 Å². The Hall–Kier alpha value is -1.70. The largest absolute Gasteiger partial charge is 0.350 e. The predicted molar refractivity (Wildman–Crippen MR) is 111 cm³/mol. The third-order valence-electron chi connectivity index (χ3n) is 4.01. The summed E-state index contributed by atoms with van der Waals surface area (Å²) in [6, 6.07) is 11.6. The number of rotatable bonds is 3. The van der Waals surface area contributed by atoms with E-state index in [1.807, 2.05) is 53.6 Å². The van der Waals surface area contributed by atoms with E-state index in [0.29, 0.717) is 10.7 Å². The molecule has 1 amide bonds. The Balaban J connectivity index is 2.15. The van der Waals surface area contributed by atoms with Crippen molar-refractivity contribution in [3.8, 4) is 0 Å². The number of para-hydroxylation sites is 1. The van der Waals surface area contributed by atoms with Crippen molar-refractivity contribution in [3.05, 3.63) is 62.4 Å². The number of likely N-dealkylation sites (N-methyl/N-ethyl adjacent to an activating group) is 1. The van der Waals surface area contributed by atoms with Crippen molar-refractivity contribution in [1.82, 2.24) is 10.2 Å². The highest BCUT2D eigenvalue weighted by Crippen LogP contribution is 2.37. The molecular weight excluding hydrogens is 418 g/mol. The van der Waals surface area contributed by atoms with Gasteiger partial charge in [0.15, 0.2) is 5.11 Å². The molecule has 3 rings (SSSR count). The van der Waals surface area contributed by atoms with E-state index in [1.54, 1.807) is 30.3 Å². The average molecular weight is 436 g/mol. The van der Waals surface area contributed by atoms with Crippen LogP contribution in [0.2, 0.25) is 0 Å². The number of nitrogens with zero attached hydrogens (tertiary/aromatic N) is 2. The first kappa shape index (κ1) is 18.1. The maximum atomic E-state index is 12.9. The molecule has 0 bridgehead atoms. The summed E-state index contributed by atoms with van der Waals surface area (Å²) in [6.07, 6.45) is 0. The summed E-state index contributed by atoms with van der Waals surface area (Å²) in [5.74, 6) is -0.0250. The van der Waals surface area contributed by atoms with Gasteiger partial charge in [0.25, 0.3) is 5.91 Å². The second-order valence-corrected chi connectivity index (χ2v) is 8.16. The minimum absolute atomic E-state index is 0.0250. The summed E-state index contributed by atoms with van der Waals surface area (Å²) in [4.78, 5) is 17.5. The number of carbonyl (C=O) groups excluding carboxylic acids is 1. The number of thiocarbonyl (C=S) groups is 1. The number of amides is 1. The highest BCUT2D eigenvalue weighted by atomic mass is 79.9. The molecule has 7 heteroatoms. The first-order chi connectivity index (χ1) is 11.9. The second kappa shape index (κ2) is 7.27. The summed E-state index contributed by atoms with van der Waals surface area (Å²) in [5.41, 5.74) is 2.49. The topological polar surface area (TPSA) is 35.6 Å². The number of carbonyl (C=O) groups is 1. The molecule has 4 nitrogen and oxygen atoms in total. The van der Waals surface area contributed by atoms with Gasteiger partial charge in [0.1, 0.15) is 0 Å². The molecule has 1 aliphatic rings. The molecule has 2 aromatic rings. The zero-order chi connectivity index (χ0) is 18.1. The van der Waals surface area contributed by atoms with Gasteiger partial charge in [-0.15, -0.1) is 11.3 Å². The zero-order valence-corrected chi connectivity index (χ0v) is 17.3. The van der Waals surface area contributed by atoms with Gasteiger partial charge in [0.05, 0.1) is 11.6 Å². The fourth-order valence-corrected chi connectivity index (χ4v) is 4.71. The van der Waals surface area contributed by atoms with Crippen molar-refractivity contribution in [2.75, 3.05) is 19.0 Å². The Kier molecular flexibility index (Phi) is 5.27. The first-order valence-corrected chi connectivity index (χ1v) is 9.80. The number of thiophene rings is 1. The van der Waals surface area contributed by atoms with E-state index < -0.39 is 0 Å². The van der Waals surface area contributed by atoms with Gasteiger partial charge in [-0.25, -0.2) is 0 Å². The Labute approximate surface area is 165 Å². The van der Waals surface area contributed by atoms with E-state index in [1.165, 1.54) is 0 Å². The van der Waals surface area contributed by atoms with Crippen molar-refractivity contribution in [2.24, 2.45) is 0 Å². The molecule has 2 heterocycles. The normalized spacial score (nSPS) is 17.5. The van der Waals surface area contributed by atoms with Crippen LogP contribution in [-0.4, -0.2) is 30.0 Å². The van der Waals surface area contributed by atoms with E-state index in [2.05, 4.69) is 21.2 Å². The maximum absolute atomic E-state index is 12.9. The van der Waals surface area contributed by atoms with Gasteiger partial charge < -0.3 is 10.2 Å². The summed E-state index contributed by atoms with van der Waals surface area (Å²) < 4.78 is 1.00. The fraction of sp³-hybridized carbons (Fsp3) is 0.222. The molecule has 1 aromatic heterocycles. The molecule has 0 radical (unpaired) electrons. The lowest BCUT2D eigenvalue weighted by Crippen LogP contribution is -2.49. The van der Waals surface area contributed by atoms with Crippen LogP contribution < -0.4 is 10.2 Å². The van der Waals surface area contributed by atoms with Crippen LogP contribution >= 0.6 is 39.5 Å². The smallest absolute Gasteiger partial charge is 0.253 e. The van der Waals surface area contributed by atoms with Crippen LogP contribution in [0.4, 0.5) is 5.69 Å². The number of halogens is 1. The molecular formula is C18H18BrN3OS2. The van der Waals surface area contributed by atoms with Gasteiger partial charge in [-0.05, 0) is 53.3 Å². The van der Waals surface area contributed by atoms with E-state index in [-0.39, 0.29) is 11.9 Å². The molecule has 1 aromatic carbocycles. The average Bonchev–Trinajstić information content (AvgIpc) is 3.01. The Morgan fingerprint density at radius 3 is 2.56 bits per heavy atom. The van der Waals surface area contributed by atoms with Gasteiger partial charge in [-0.1, -0.05) is 18.2 Å². The summed E-state index contributed by atoms with van der Waals surface area (Å²) in [6.45, 7) is 1.95. The lowest BCUT2D eigenvalue weighted by molar-refractivity contribution is -0.125. The van der Waals surface area contributed by atoms with Crippen LogP contribution in [0.5, 0.6) is 0 Å². The molecule has 0 saturated heterocycles. The second-order valence-electron chi connectivity index (χ2n) is 5.92. The standard InChI is InChI=1S/C18H18BrN3OS2/c1-11-15(17(23)21(2)3)16(14-9-12(19)10-25-14)20-18(24)22(11)13-7-5-4-6-8-13/h4-10,16H,1-3H3,(H,20,24). The monoisotopic (exact) mass is 435 g/mol. The Bertz CT molecular complexity index is 845. The van der Waals surface area contributed by atoms with Crippen molar-refractivity contribution >= 4 is 56.2 Å². The van der Waals surface area contributed by atoms with Crippen LogP contribution in [0.25, 0.3) is 0 Å². The van der Waals surface area contributed by atoms with Crippen LogP contribution in [0.15, 0.2) is 57.5 Å². The highest BCUT2D eigenvalue weighted by molar-refractivity contribution is 9.10. The molecule has 1 unspecified atom stereocenters. The van der Waals surface area contributed by atoms with E-state index in [0.717, 1.165) is 20.7 Å².